The Balaban J connectivity index is 2.06. The van der Waals surface area contributed by atoms with Crippen LogP contribution >= 0.6 is 22.9 Å². The van der Waals surface area contributed by atoms with Crippen molar-refractivity contribution in [3.63, 3.8) is 0 Å². The Bertz CT molecular complexity index is 450. The van der Waals surface area contributed by atoms with E-state index in [0.717, 1.165) is 29.8 Å². The average Bonchev–Trinajstić information content (AvgIpc) is 2.86. The third kappa shape index (κ3) is 2.77. The lowest BCUT2D eigenvalue weighted by atomic mass is 10.4. The van der Waals surface area contributed by atoms with Crippen LogP contribution in [0.5, 0.6) is 0 Å². The second-order valence-corrected chi connectivity index (χ2v) is 5.31. The monoisotopic (exact) mass is 255 g/mol. The van der Waals surface area contributed by atoms with E-state index in [4.69, 9.17) is 11.6 Å². The van der Waals surface area contributed by atoms with E-state index in [0.29, 0.717) is 0 Å². The molecule has 0 atom stereocenters. The Labute approximate surface area is 104 Å². The molecule has 0 aliphatic rings. The highest BCUT2D eigenvalue weighted by molar-refractivity contribution is 7.16. The van der Waals surface area contributed by atoms with Crippen LogP contribution in [0, 0.1) is 0 Å². The van der Waals surface area contributed by atoms with Gasteiger partial charge in [-0.2, -0.15) is 0 Å². The SMILES string of the molecule is CCCNc1nccn1Cc1ccc(Cl)s1. The highest BCUT2D eigenvalue weighted by Gasteiger charge is 2.04. The minimum atomic E-state index is 0.823. The maximum absolute atomic E-state index is 5.90. The van der Waals surface area contributed by atoms with Crippen molar-refractivity contribution in [2.45, 2.75) is 19.9 Å². The van der Waals surface area contributed by atoms with Crippen molar-refractivity contribution >= 4 is 28.9 Å². The number of halogens is 1. The standard InChI is InChI=1S/C11H14ClN3S/c1-2-5-13-11-14-6-7-15(11)8-9-3-4-10(12)16-9/h3-4,6-7H,2,5,8H2,1H3,(H,13,14). The van der Waals surface area contributed by atoms with Crippen molar-refractivity contribution in [1.29, 1.82) is 0 Å². The van der Waals surface area contributed by atoms with Crippen molar-refractivity contribution < 1.29 is 0 Å². The van der Waals surface area contributed by atoms with Crippen molar-refractivity contribution in [1.82, 2.24) is 9.55 Å². The molecule has 0 amide bonds. The summed E-state index contributed by atoms with van der Waals surface area (Å²) >= 11 is 7.51. The van der Waals surface area contributed by atoms with Gasteiger partial charge in [-0.1, -0.05) is 18.5 Å². The Morgan fingerprint density at radius 2 is 2.38 bits per heavy atom. The molecule has 0 saturated heterocycles. The van der Waals surface area contributed by atoms with E-state index in [1.165, 1.54) is 4.88 Å². The predicted octanol–water partition coefficient (Wildman–Crippen LogP) is 3.47. The highest BCUT2D eigenvalue weighted by atomic mass is 35.5. The first kappa shape index (κ1) is 11.5. The summed E-state index contributed by atoms with van der Waals surface area (Å²) in [6.07, 6.45) is 4.89. The van der Waals surface area contributed by atoms with Crippen LogP contribution in [0.25, 0.3) is 0 Å². The maximum Gasteiger partial charge on any atom is 0.203 e. The zero-order valence-corrected chi connectivity index (χ0v) is 10.7. The van der Waals surface area contributed by atoms with E-state index >= 15 is 0 Å². The van der Waals surface area contributed by atoms with Gasteiger partial charge < -0.3 is 9.88 Å². The normalized spacial score (nSPS) is 10.6. The molecule has 0 aliphatic carbocycles. The van der Waals surface area contributed by atoms with Crippen LogP contribution < -0.4 is 5.32 Å². The van der Waals surface area contributed by atoms with Crippen LogP contribution in [-0.4, -0.2) is 16.1 Å². The molecule has 2 aromatic rings. The molecule has 0 spiro atoms. The van der Waals surface area contributed by atoms with Gasteiger partial charge in [0.2, 0.25) is 5.95 Å². The summed E-state index contributed by atoms with van der Waals surface area (Å²) in [5.41, 5.74) is 0. The summed E-state index contributed by atoms with van der Waals surface area (Å²) in [7, 11) is 0. The third-order valence-corrected chi connectivity index (χ3v) is 3.42. The number of nitrogens with zero attached hydrogens (tertiary/aromatic N) is 2. The molecule has 86 valence electrons. The first-order valence-corrected chi connectivity index (χ1v) is 6.48. The number of rotatable bonds is 5. The van der Waals surface area contributed by atoms with E-state index in [2.05, 4.69) is 27.9 Å². The molecular formula is C11H14ClN3S. The van der Waals surface area contributed by atoms with Crippen LogP contribution in [0.2, 0.25) is 4.34 Å². The molecule has 0 saturated carbocycles. The minimum Gasteiger partial charge on any atom is -0.356 e. The van der Waals surface area contributed by atoms with Gasteiger partial charge in [-0.25, -0.2) is 4.98 Å². The molecule has 1 N–H and O–H groups in total. The molecule has 16 heavy (non-hydrogen) atoms. The van der Waals surface area contributed by atoms with Gasteiger partial charge in [-0.3, -0.25) is 0 Å². The Kier molecular flexibility index (Phi) is 3.85. The third-order valence-electron chi connectivity index (χ3n) is 2.20. The van der Waals surface area contributed by atoms with Gasteiger partial charge in [0.05, 0.1) is 10.9 Å². The summed E-state index contributed by atoms with van der Waals surface area (Å²) in [6.45, 7) is 3.91. The molecule has 0 bridgehead atoms. The Morgan fingerprint density at radius 1 is 1.50 bits per heavy atom. The van der Waals surface area contributed by atoms with Crippen LogP contribution in [0.3, 0.4) is 0 Å². The highest BCUT2D eigenvalue weighted by Crippen LogP contribution is 2.23. The van der Waals surface area contributed by atoms with E-state index in [1.807, 2.05) is 18.5 Å². The van der Waals surface area contributed by atoms with Crippen molar-refractivity contribution in [2.24, 2.45) is 0 Å². The second kappa shape index (κ2) is 5.37. The van der Waals surface area contributed by atoms with E-state index < -0.39 is 0 Å². The molecule has 3 nitrogen and oxygen atoms in total. The fourth-order valence-corrected chi connectivity index (χ4v) is 2.53. The molecule has 0 fully saturated rings. The lowest BCUT2D eigenvalue weighted by Crippen LogP contribution is -2.08. The lowest BCUT2D eigenvalue weighted by Gasteiger charge is -2.07. The van der Waals surface area contributed by atoms with Crippen molar-refractivity contribution in [3.8, 4) is 0 Å². The van der Waals surface area contributed by atoms with Crippen LogP contribution in [0.4, 0.5) is 5.95 Å². The number of aromatic nitrogens is 2. The molecular weight excluding hydrogens is 242 g/mol. The van der Waals surface area contributed by atoms with Gasteiger partial charge in [0.25, 0.3) is 0 Å². The summed E-state index contributed by atoms with van der Waals surface area (Å²) < 4.78 is 2.93. The van der Waals surface area contributed by atoms with E-state index in [9.17, 15) is 0 Å². The van der Waals surface area contributed by atoms with Crippen molar-refractivity contribution in [2.75, 3.05) is 11.9 Å². The zero-order valence-electron chi connectivity index (χ0n) is 9.11. The summed E-state index contributed by atoms with van der Waals surface area (Å²) in [5.74, 6) is 0.923. The van der Waals surface area contributed by atoms with E-state index in [1.54, 1.807) is 11.3 Å². The number of thiophene rings is 1. The fraction of sp³-hybridized carbons (Fsp3) is 0.364. The summed E-state index contributed by atoms with van der Waals surface area (Å²) in [4.78, 5) is 5.52. The molecule has 0 unspecified atom stereocenters. The van der Waals surface area contributed by atoms with Gasteiger partial charge in [-0.15, -0.1) is 11.3 Å². The first-order valence-electron chi connectivity index (χ1n) is 5.29. The largest absolute Gasteiger partial charge is 0.356 e. The lowest BCUT2D eigenvalue weighted by molar-refractivity contribution is 0.804. The number of hydrogen-bond donors (Lipinski definition) is 1. The smallest absolute Gasteiger partial charge is 0.203 e. The summed E-state index contributed by atoms with van der Waals surface area (Å²) in [5, 5.41) is 3.29. The number of hydrogen-bond acceptors (Lipinski definition) is 3. The maximum atomic E-state index is 5.90. The molecule has 0 aromatic carbocycles. The van der Waals surface area contributed by atoms with Gasteiger partial charge in [0.15, 0.2) is 0 Å². The van der Waals surface area contributed by atoms with Crippen LogP contribution in [0.1, 0.15) is 18.2 Å². The Morgan fingerprint density at radius 3 is 3.06 bits per heavy atom. The second-order valence-electron chi connectivity index (χ2n) is 3.51. The van der Waals surface area contributed by atoms with E-state index in [-0.39, 0.29) is 0 Å². The predicted molar refractivity (Wildman–Crippen MR) is 69.4 cm³/mol. The van der Waals surface area contributed by atoms with Gasteiger partial charge >= 0.3 is 0 Å². The number of anilines is 1. The molecule has 2 heterocycles. The topological polar surface area (TPSA) is 29.9 Å². The molecule has 0 aliphatic heterocycles. The van der Waals surface area contributed by atoms with Crippen molar-refractivity contribution in [3.05, 3.63) is 33.7 Å². The molecule has 0 radical (unpaired) electrons. The quantitative estimate of drug-likeness (QED) is 0.887. The molecule has 2 aromatic heterocycles. The van der Waals surface area contributed by atoms with Crippen LogP contribution in [0.15, 0.2) is 24.5 Å². The first-order chi connectivity index (χ1) is 7.79. The van der Waals surface area contributed by atoms with Gasteiger partial charge in [0.1, 0.15) is 0 Å². The minimum absolute atomic E-state index is 0.823. The average molecular weight is 256 g/mol. The Hall–Kier alpha value is -1.000. The number of nitrogens with one attached hydrogen (secondary N) is 1. The van der Waals surface area contributed by atoms with Crippen LogP contribution in [-0.2, 0) is 6.54 Å². The molecule has 2 rings (SSSR count). The van der Waals surface area contributed by atoms with Gasteiger partial charge in [0, 0.05) is 23.8 Å². The zero-order chi connectivity index (χ0) is 11.4. The van der Waals surface area contributed by atoms with Gasteiger partial charge in [-0.05, 0) is 18.6 Å². The molecule has 5 heteroatoms. The fourth-order valence-electron chi connectivity index (χ4n) is 1.45. The summed E-state index contributed by atoms with van der Waals surface area (Å²) in [6, 6.07) is 3.98. The number of imidazole rings is 1.